The van der Waals surface area contributed by atoms with E-state index in [-0.39, 0.29) is 24.0 Å². The van der Waals surface area contributed by atoms with E-state index >= 15 is 0 Å². The van der Waals surface area contributed by atoms with Gasteiger partial charge in [0.25, 0.3) is 0 Å². The summed E-state index contributed by atoms with van der Waals surface area (Å²) in [6.07, 6.45) is 0.257. The number of nitrogens with zero attached hydrogens (tertiary/aromatic N) is 2. The highest BCUT2D eigenvalue weighted by Crippen LogP contribution is 2.32. The first-order valence-corrected chi connectivity index (χ1v) is 7.67. The van der Waals surface area contributed by atoms with E-state index in [1.807, 2.05) is 39.5 Å². The zero-order valence-electron chi connectivity index (χ0n) is 13.6. The predicted molar refractivity (Wildman–Crippen MR) is 79.7 cm³/mol. The zero-order chi connectivity index (χ0) is 15.9. The first-order chi connectivity index (χ1) is 9.61. The van der Waals surface area contributed by atoms with Gasteiger partial charge in [0.1, 0.15) is 5.60 Å². The molecule has 2 amide bonds. The summed E-state index contributed by atoms with van der Waals surface area (Å²) >= 11 is 0. The summed E-state index contributed by atoms with van der Waals surface area (Å²) in [6.45, 7) is 10.5. The Bertz CT molecular complexity index is 424. The van der Waals surface area contributed by atoms with Gasteiger partial charge in [-0.2, -0.15) is 0 Å². The molecule has 4 atom stereocenters. The van der Waals surface area contributed by atoms with Crippen LogP contribution in [0.1, 0.15) is 41.0 Å². The highest BCUT2D eigenvalue weighted by Gasteiger charge is 2.48. The number of likely N-dealkylation sites (tertiary alicyclic amines) is 1. The van der Waals surface area contributed by atoms with Crippen LogP contribution >= 0.6 is 0 Å². The molecule has 0 bridgehead atoms. The minimum atomic E-state index is -0.515. The molecule has 2 N–H and O–H groups in total. The molecule has 21 heavy (non-hydrogen) atoms. The average molecular weight is 297 g/mol. The number of amides is 2. The number of piperidine rings is 1. The fraction of sp³-hybridized carbons (Fsp3) is 0.867. The van der Waals surface area contributed by atoms with Crippen LogP contribution in [0.25, 0.3) is 0 Å². The van der Waals surface area contributed by atoms with E-state index in [9.17, 15) is 9.59 Å². The maximum absolute atomic E-state index is 12.4. The monoisotopic (exact) mass is 297 g/mol. The maximum Gasteiger partial charge on any atom is 0.410 e. The minimum Gasteiger partial charge on any atom is -0.444 e. The van der Waals surface area contributed by atoms with E-state index in [0.29, 0.717) is 31.6 Å². The Morgan fingerprint density at radius 1 is 1.19 bits per heavy atom. The van der Waals surface area contributed by atoms with Crippen molar-refractivity contribution in [2.45, 2.75) is 64.8 Å². The van der Waals surface area contributed by atoms with Crippen molar-refractivity contribution in [3.05, 3.63) is 0 Å². The van der Waals surface area contributed by atoms with Gasteiger partial charge in [-0.1, -0.05) is 0 Å². The molecule has 120 valence electrons. The molecule has 6 nitrogen and oxygen atoms in total. The van der Waals surface area contributed by atoms with Gasteiger partial charge in [-0.3, -0.25) is 4.79 Å². The molecule has 2 aliphatic rings. The van der Waals surface area contributed by atoms with E-state index in [1.165, 1.54) is 0 Å². The van der Waals surface area contributed by atoms with Crippen LogP contribution in [0.4, 0.5) is 4.79 Å². The summed E-state index contributed by atoms with van der Waals surface area (Å²) in [5.74, 6) is -0.0533. The smallest absolute Gasteiger partial charge is 0.410 e. The number of hydrogen-bond acceptors (Lipinski definition) is 4. The lowest BCUT2D eigenvalue weighted by molar-refractivity contribution is -0.132. The molecule has 2 aliphatic heterocycles. The normalized spacial score (nSPS) is 32.9. The van der Waals surface area contributed by atoms with Crippen LogP contribution in [0.3, 0.4) is 0 Å². The summed E-state index contributed by atoms with van der Waals surface area (Å²) < 4.78 is 5.35. The SMILES string of the molecule is CC1C(C)N1C(=O)[C@@H]1CCN(C(=O)OC(C)(C)C)C[C@H]1N. The van der Waals surface area contributed by atoms with Crippen molar-refractivity contribution in [1.82, 2.24) is 9.80 Å². The summed E-state index contributed by atoms with van der Waals surface area (Å²) in [5, 5.41) is 0. The Kier molecular flexibility index (Phi) is 4.19. The fourth-order valence-corrected chi connectivity index (χ4v) is 2.88. The van der Waals surface area contributed by atoms with Gasteiger partial charge in [-0.05, 0) is 41.0 Å². The van der Waals surface area contributed by atoms with Crippen LogP contribution in [0.5, 0.6) is 0 Å². The van der Waals surface area contributed by atoms with Crippen molar-refractivity contribution in [2.75, 3.05) is 13.1 Å². The summed E-state index contributed by atoms with van der Waals surface area (Å²) in [6, 6.07) is 0.306. The number of ether oxygens (including phenoxy) is 1. The van der Waals surface area contributed by atoms with E-state index in [4.69, 9.17) is 10.5 Å². The fourth-order valence-electron chi connectivity index (χ4n) is 2.88. The highest BCUT2D eigenvalue weighted by molar-refractivity contribution is 5.83. The van der Waals surface area contributed by atoms with Crippen molar-refractivity contribution in [3.63, 3.8) is 0 Å². The largest absolute Gasteiger partial charge is 0.444 e. The predicted octanol–water partition coefficient (Wildman–Crippen LogP) is 1.19. The number of carbonyl (C=O) groups is 2. The van der Waals surface area contributed by atoms with Gasteiger partial charge in [-0.15, -0.1) is 0 Å². The van der Waals surface area contributed by atoms with Crippen molar-refractivity contribution in [3.8, 4) is 0 Å². The molecule has 0 spiro atoms. The molecular formula is C15H27N3O3. The molecule has 0 aliphatic carbocycles. The third-order valence-corrected chi connectivity index (χ3v) is 4.37. The van der Waals surface area contributed by atoms with E-state index in [0.717, 1.165) is 0 Å². The van der Waals surface area contributed by atoms with Crippen LogP contribution in [0, 0.1) is 5.92 Å². The Labute approximate surface area is 126 Å². The van der Waals surface area contributed by atoms with Crippen LogP contribution in [0.2, 0.25) is 0 Å². The molecule has 0 aromatic rings. The van der Waals surface area contributed by atoms with Gasteiger partial charge in [0, 0.05) is 31.2 Å². The third kappa shape index (κ3) is 3.48. The molecule has 0 radical (unpaired) electrons. The van der Waals surface area contributed by atoms with E-state index in [1.54, 1.807) is 4.90 Å². The zero-order valence-corrected chi connectivity index (χ0v) is 13.6. The molecular weight excluding hydrogens is 270 g/mol. The molecule has 0 aromatic heterocycles. The number of nitrogens with two attached hydrogens (primary N) is 1. The third-order valence-electron chi connectivity index (χ3n) is 4.37. The molecule has 2 saturated heterocycles. The second-order valence-corrected chi connectivity index (χ2v) is 7.21. The van der Waals surface area contributed by atoms with Gasteiger partial charge in [0.05, 0.1) is 5.92 Å². The second kappa shape index (κ2) is 5.48. The Hall–Kier alpha value is -1.30. The number of carbonyl (C=O) groups excluding carboxylic acids is 2. The number of rotatable bonds is 1. The van der Waals surface area contributed by atoms with Crippen molar-refractivity contribution >= 4 is 12.0 Å². The Balaban J connectivity index is 1.90. The second-order valence-electron chi connectivity index (χ2n) is 7.21. The van der Waals surface area contributed by atoms with Crippen LogP contribution < -0.4 is 5.73 Å². The molecule has 2 heterocycles. The molecule has 2 rings (SSSR count). The van der Waals surface area contributed by atoms with Gasteiger partial charge in [-0.25, -0.2) is 4.79 Å². The lowest BCUT2D eigenvalue weighted by Crippen LogP contribution is -2.54. The molecule has 6 heteroatoms. The molecule has 0 aromatic carbocycles. The van der Waals surface area contributed by atoms with E-state index < -0.39 is 5.60 Å². The van der Waals surface area contributed by atoms with Crippen LogP contribution in [-0.4, -0.2) is 58.6 Å². The van der Waals surface area contributed by atoms with Gasteiger partial charge < -0.3 is 20.3 Å². The van der Waals surface area contributed by atoms with Gasteiger partial charge in [0.2, 0.25) is 5.91 Å². The molecule has 2 unspecified atom stereocenters. The lowest BCUT2D eigenvalue weighted by atomic mass is 9.91. The quantitative estimate of drug-likeness (QED) is 0.738. The molecule has 2 fully saturated rings. The maximum atomic E-state index is 12.4. The minimum absolute atomic E-state index is 0.131. The van der Waals surface area contributed by atoms with Crippen molar-refractivity contribution < 1.29 is 14.3 Å². The van der Waals surface area contributed by atoms with Crippen LogP contribution in [0.15, 0.2) is 0 Å². The number of hydrogen-bond donors (Lipinski definition) is 1. The van der Waals surface area contributed by atoms with Gasteiger partial charge >= 0.3 is 6.09 Å². The standard InChI is InChI=1S/C15H27N3O3/c1-9-10(2)18(9)13(19)11-6-7-17(8-12(11)16)14(20)21-15(3,4)5/h9-12H,6-8,16H2,1-5H3/t9?,10?,11-,12-,18?/m1/s1. The van der Waals surface area contributed by atoms with E-state index in [2.05, 4.69) is 0 Å². The Morgan fingerprint density at radius 3 is 2.19 bits per heavy atom. The molecule has 0 saturated carbocycles. The first kappa shape index (κ1) is 16.1. The Morgan fingerprint density at radius 2 is 1.76 bits per heavy atom. The van der Waals surface area contributed by atoms with Crippen molar-refractivity contribution in [2.24, 2.45) is 11.7 Å². The van der Waals surface area contributed by atoms with Crippen LogP contribution in [-0.2, 0) is 9.53 Å². The lowest BCUT2D eigenvalue weighted by Gasteiger charge is -2.36. The topological polar surface area (TPSA) is 75.6 Å². The van der Waals surface area contributed by atoms with Gasteiger partial charge in [0.15, 0.2) is 0 Å². The summed E-state index contributed by atoms with van der Waals surface area (Å²) in [5.41, 5.74) is 5.62. The highest BCUT2D eigenvalue weighted by atomic mass is 16.6. The average Bonchev–Trinajstić information content (AvgIpc) is 2.94. The summed E-state index contributed by atoms with van der Waals surface area (Å²) in [7, 11) is 0. The summed E-state index contributed by atoms with van der Waals surface area (Å²) in [4.78, 5) is 27.9. The van der Waals surface area contributed by atoms with Crippen molar-refractivity contribution in [1.29, 1.82) is 0 Å². The first-order valence-electron chi connectivity index (χ1n) is 7.67.